The van der Waals surface area contributed by atoms with E-state index < -0.39 is 0 Å². The zero-order chi connectivity index (χ0) is 11.5. The van der Waals surface area contributed by atoms with Crippen LogP contribution >= 0.6 is 0 Å². The van der Waals surface area contributed by atoms with Crippen LogP contribution in [0.15, 0.2) is 0 Å². The second-order valence-electron chi connectivity index (χ2n) is 4.03. The van der Waals surface area contributed by atoms with E-state index in [4.69, 9.17) is 5.73 Å². The summed E-state index contributed by atoms with van der Waals surface area (Å²) >= 11 is 0. The molecule has 1 amide bonds. The van der Waals surface area contributed by atoms with Gasteiger partial charge in [0.2, 0.25) is 5.91 Å². The first-order chi connectivity index (χ1) is 7.26. The second kappa shape index (κ2) is 9.97. The van der Waals surface area contributed by atoms with Crippen LogP contribution in [-0.4, -0.2) is 19.0 Å². The lowest BCUT2D eigenvalue weighted by atomic mass is 9.97. The predicted molar refractivity (Wildman–Crippen MR) is 64.6 cm³/mol. The third kappa shape index (κ3) is 7.37. The minimum absolute atomic E-state index is 0.180. The van der Waals surface area contributed by atoms with Crippen LogP contribution < -0.4 is 11.1 Å². The Balaban J connectivity index is 3.65. The molecule has 15 heavy (non-hydrogen) atoms. The van der Waals surface area contributed by atoms with Crippen molar-refractivity contribution in [3.05, 3.63) is 0 Å². The molecule has 0 aliphatic rings. The van der Waals surface area contributed by atoms with E-state index in [1.54, 1.807) is 0 Å². The number of hydrogen-bond acceptors (Lipinski definition) is 2. The summed E-state index contributed by atoms with van der Waals surface area (Å²) in [6, 6.07) is 0. The zero-order valence-corrected chi connectivity index (χ0v) is 10.2. The summed E-state index contributed by atoms with van der Waals surface area (Å²) in [4.78, 5) is 11.6. The topological polar surface area (TPSA) is 55.1 Å². The molecule has 0 aliphatic carbocycles. The summed E-state index contributed by atoms with van der Waals surface area (Å²) in [5.74, 6) is 0.368. The largest absolute Gasteiger partial charge is 0.355 e. The molecule has 0 rings (SSSR count). The minimum Gasteiger partial charge on any atom is -0.355 e. The van der Waals surface area contributed by atoms with Crippen LogP contribution in [0.1, 0.15) is 52.4 Å². The molecule has 0 saturated heterocycles. The van der Waals surface area contributed by atoms with Crippen molar-refractivity contribution in [2.24, 2.45) is 11.7 Å². The van der Waals surface area contributed by atoms with Crippen LogP contribution in [0, 0.1) is 5.92 Å². The molecule has 1 atom stereocenters. The molecule has 0 spiro atoms. The number of nitrogens with one attached hydrogen (secondary N) is 1. The first-order valence-electron chi connectivity index (χ1n) is 6.24. The normalized spacial score (nSPS) is 12.5. The van der Waals surface area contributed by atoms with Crippen molar-refractivity contribution >= 4 is 5.91 Å². The summed E-state index contributed by atoms with van der Waals surface area (Å²) in [5, 5.41) is 2.86. The van der Waals surface area contributed by atoms with E-state index in [1.165, 1.54) is 25.7 Å². The summed E-state index contributed by atoms with van der Waals surface area (Å²) in [7, 11) is 0. The Morgan fingerprint density at radius 1 is 1.27 bits per heavy atom. The lowest BCUT2D eigenvalue weighted by Gasteiger charge is -2.14. The third-order valence-corrected chi connectivity index (χ3v) is 2.71. The van der Waals surface area contributed by atoms with Gasteiger partial charge in [-0.15, -0.1) is 0 Å². The Hall–Kier alpha value is -0.570. The molecule has 0 radical (unpaired) electrons. The maximum atomic E-state index is 11.6. The number of amides is 1. The number of unbranched alkanes of at least 4 members (excludes halogenated alkanes) is 3. The van der Waals surface area contributed by atoms with E-state index in [9.17, 15) is 4.79 Å². The molecule has 0 fully saturated rings. The van der Waals surface area contributed by atoms with Gasteiger partial charge in [0.25, 0.3) is 0 Å². The fourth-order valence-corrected chi connectivity index (χ4v) is 1.68. The molecule has 1 unspecified atom stereocenters. The van der Waals surface area contributed by atoms with Gasteiger partial charge in [0.1, 0.15) is 0 Å². The van der Waals surface area contributed by atoms with Gasteiger partial charge >= 0.3 is 0 Å². The van der Waals surface area contributed by atoms with Crippen LogP contribution in [0.3, 0.4) is 0 Å². The highest BCUT2D eigenvalue weighted by Crippen LogP contribution is 2.14. The molecule has 90 valence electrons. The fourth-order valence-electron chi connectivity index (χ4n) is 1.68. The van der Waals surface area contributed by atoms with E-state index in [0.717, 1.165) is 12.8 Å². The maximum absolute atomic E-state index is 11.6. The lowest BCUT2D eigenvalue weighted by Crippen LogP contribution is -2.34. The van der Waals surface area contributed by atoms with Crippen molar-refractivity contribution in [2.45, 2.75) is 52.4 Å². The number of carbonyl (C=O) groups is 1. The molecule has 3 heteroatoms. The maximum Gasteiger partial charge on any atom is 0.223 e. The monoisotopic (exact) mass is 214 g/mol. The predicted octanol–water partition coefficient (Wildman–Crippen LogP) is 2.06. The van der Waals surface area contributed by atoms with Crippen molar-refractivity contribution in [1.82, 2.24) is 5.32 Å². The van der Waals surface area contributed by atoms with Crippen molar-refractivity contribution < 1.29 is 4.79 Å². The van der Waals surface area contributed by atoms with E-state index >= 15 is 0 Å². The van der Waals surface area contributed by atoms with Crippen LogP contribution in [0.5, 0.6) is 0 Å². The van der Waals surface area contributed by atoms with Gasteiger partial charge < -0.3 is 11.1 Å². The van der Waals surface area contributed by atoms with Crippen LogP contribution in [0.2, 0.25) is 0 Å². The van der Waals surface area contributed by atoms with E-state index in [-0.39, 0.29) is 11.8 Å². The Labute approximate surface area is 93.8 Å². The SMILES string of the molecule is CCCCCCC(CC)C(=O)NCCN. The third-order valence-electron chi connectivity index (χ3n) is 2.71. The van der Waals surface area contributed by atoms with Crippen molar-refractivity contribution in [3.8, 4) is 0 Å². The van der Waals surface area contributed by atoms with Crippen molar-refractivity contribution in [1.29, 1.82) is 0 Å². The summed E-state index contributed by atoms with van der Waals surface area (Å²) in [5.41, 5.74) is 5.34. The second-order valence-corrected chi connectivity index (χ2v) is 4.03. The zero-order valence-electron chi connectivity index (χ0n) is 10.2. The number of rotatable bonds is 9. The van der Waals surface area contributed by atoms with Gasteiger partial charge in [0.05, 0.1) is 0 Å². The molecule has 0 saturated carbocycles. The smallest absolute Gasteiger partial charge is 0.223 e. The average Bonchev–Trinajstić information content (AvgIpc) is 2.26. The van der Waals surface area contributed by atoms with E-state index in [2.05, 4.69) is 19.2 Å². The van der Waals surface area contributed by atoms with Gasteiger partial charge in [-0.3, -0.25) is 4.79 Å². The molecule has 0 aromatic carbocycles. The molecule has 0 aliphatic heterocycles. The highest BCUT2D eigenvalue weighted by molar-refractivity contribution is 5.78. The minimum atomic E-state index is 0.180. The summed E-state index contributed by atoms with van der Waals surface area (Å²) in [6.45, 7) is 5.40. The van der Waals surface area contributed by atoms with Gasteiger partial charge in [0.15, 0.2) is 0 Å². The molecular formula is C12H26N2O. The van der Waals surface area contributed by atoms with Crippen LogP contribution in [0.25, 0.3) is 0 Å². The molecule has 3 nitrogen and oxygen atoms in total. The molecule has 0 heterocycles. The fraction of sp³-hybridized carbons (Fsp3) is 0.917. The Morgan fingerprint density at radius 2 is 2.00 bits per heavy atom. The Morgan fingerprint density at radius 3 is 2.53 bits per heavy atom. The van der Waals surface area contributed by atoms with Gasteiger partial charge in [0, 0.05) is 19.0 Å². The number of nitrogens with two attached hydrogens (primary N) is 1. The number of carbonyl (C=O) groups excluding carboxylic acids is 1. The molecular weight excluding hydrogens is 188 g/mol. The van der Waals surface area contributed by atoms with Gasteiger partial charge in [-0.2, -0.15) is 0 Å². The number of hydrogen-bond donors (Lipinski definition) is 2. The average molecular weight is 214 g/mol. The van der Waals surface area contributed by atoms with Crippen molar-refractivity contribution in [2.75, 3.05) is 13.1 Å². The highest BCUT2D eigenvalue weighted by Gasteiger charge is 2.14. The van der Waals surface area contributed by atoms with E-state index in [0.29, 0.717) is 13.1 Å². The van der Waals surface area contributed by atoms with Crippen LogP contribution in [-0.2, 0) is 4.79 Å². The Bertz CT molecular complexity index is 160. The highest BCUT2D eigenvalue weighted by atomic mass is 16.1. The first kappa shape index (κ1) is 14.4. The van der Waals surface area contributed by atoms with Crippen LogP contribution in [0.4, 0.5) is 0 Å². The lowest BCUT2D eigenvalue weighted by molar-refractivity contribution is -0.125. The quantitative estimate of drug-likeness (QED) is 0.577. The van der Waals surface area contributed by atoms with E-state index in [1.807, 2.05) is 0 Å². The van der Waals surface area contributed by atoms with Crippen molar-refractivity contribution in [3.63, 3.8) is 0 Å². The van der Waals surface area contributed by atoms with Gasteiger partial charge in [-0.25, -0.2) is 0 Å². The summed E-state index contributed by atoms with van der Waals surface area (Å²) in [6.07, 6.45) is 6.89. The van der Waals surface area contributed by atoms with Gasteiger partial charge in [-0.05, 0) is 12.8 Å². The molecule has 0 aromatic heterocycles. The van der Waals surface area contributed by atoms with Gasteiger partial charge in [-0.1, -0.05) is 39.5 Å². The first-order valence-corrected chi connectivity index (χ1v) is 6.24. The molecule has 0 bridgehead atoms. The standard InChI is InChI=1S/C12H26N2O/c1-3-5-6-7-8-11(4-2)12(15)14-10-9-13/h11H,3-10,13H2,1-2H3,(H,14,15). The summed E-state index contributed by atoms with van der Waals surface area (Å²) < 4.78 is 0. The molecule has 3 N–H and O–H groups in total. The molecule has 0 aromatic rings. The Kier molecular flexibility index (Phi) is 9.59.